The number of hydrogen-bond acceptors (Lipinski definition) is 5. The molecule has 2 aliphatic rings. The van der Waals surface area contributed by atoms with E-state index in [1.165, 1.54) is 12.8 Å². The minimum Gasteiger partial charge on any atom is -0.379 e. The van der Waals surface area contributed by atoms with Crippen molar-refractivity contribution in [2.24, 2.45) is 0 Å². The number of ether oxygens (including phenoxy) is 1. The molecule has 4 heterocycles. The maximum atomic E-state index is 5.47. The van der Waals surface area contributed by atoms with E-state index in [1.54, 1.807) is 0 Å². The Morgan fingerprint density at radius 3 is 2.95 bits per heavy atom. The molecule has 2 saturated heterocycles. The predicted molar refractivity (Wildman–Crippen MR) is 80.6 cm³/mol. The fourth-order valence-electron chi connectivity index (χ4n) is 3.47. The van der Waals surface area contributed by atoms with E-state index >= 15 is 0 Å². The van der Waals surface area contributed by atoms with Crippen molar-refractivity contribution in [2.45, 2.75) is 18.9 Å². The van der Waals surface area contributed by atoms with Gasteiger partial charge in [0.2, 0.25) is 0 Å². The van der Waals surface area contributed by atoms with Crippen LogP contribution in [0.15, 0.2) is 24.7 Å². The van der Waals surface area contributed by atoms with Crippen molar-refractivity contribution in [2.75, 3.05) is 44.3 Å². The molecule has 2 fully saturated rings. The van der Waals surface area contributed by atoms with E-state index in [2.05, 4.69) is 19.9 Å². The summed E-state index contributed by atoms with van der Waals surface area (Å²) in [6, 6.07) is 2.66. The van der Waals surface area contributed by atoms with Crippen molar-refractivity contribution in [3.63, 3.8) is 0 Å². The second kappa shape index (κ2) is 5.61. The van der Waals surface area contributed by atoms with Gasteiger partial charge >= 0.3 is 0 Å². The zero-order chi connectivity index (χ0) is 14.1. The number of anilines is 1. The molecule has 112 valence electrons. The lowest BCUT2D eigenvalue weighted by Crippen LogP contribution is -2.51. The van der Waals surface area contributed by atoms with Crippen molar-refractivity contribution >= 4 is 11.3 Å². The average molecular weight is 287 g/mol. The van der Waals surface area contributed by atoms with Crippen LogP contribution in [0.1, 0.15) is 12.8 Å². The highest BCUT2D eigenvalue weighted by Crippen LogP contribution is 2.24. The van der Waals surface area contributed by atoms with Crippen LogP contribution in [0.3, 0.4) is 0 Å². The number of nitrogens with zero attached hydrogens (tertiary/aromatic N) is 5. The van der Waals surface area contributed by atoms with Gasteiger partial charge in [0.05, 0.1) is 19.4 Å². The van der Waals surface area contributed by atoms with Crippen LogP contribution in [-0.2, 0) is 4.74 Å². The van der Waals surface area contributed by atoms with Crippen LogP contribution in [-0.4, -0.2) is 64.9 Å². The highest BCUT2D eigenvalue weighted by molar-refractivity contribution is 5.68. The van der Waals surface area contributed by atoms with Gasteiger partial charge in [-0.3, -0.25) is 4.90 Å². The first-order valence-electron chi connectivity index (χ1n) is 7.77. The lowest BCUT2D eigenvalue weighted by atomic mass is 10.0. The molecular weight excluding hydrogens is 266 g/mol. The van der Waals surface area contributed by atoms with Gasteiger partial charge < -0.3 is 9.64 Å². The fraction of sp³-hybridized carbons (Fsp3) is 0.600. The topological polar surface area (TPSA) is 45.9 Å². The summed E-state index contributed by atoms with van der Waals surface area (Å²) in [5, 5.41) is 4.31. The lowest BCUT2D eigenvalue weighted by Gasteiger charge is -2.41. The van der Waals surface area contributed by atoms with Crippen LogP contribution < -0.4 is 4.90 Å². The van der Waals surface area contributed by atoms with Crippen LogP contribution in [0.4, 0.5) is 5.82 Å². The summed E-state index contributed by atoms with van der Waals surface area (Å²) < 4.78 is 7.37. The van der Waals surface area contributed by atoms with Crippen LogP contribution in [0.5, 0.6) is 0 Å². The van der Waals surface area contributed by atoms with E-state index in [9.17, 15) is 0 Å². The van der Waals surface area contributed by atoms with Gasteiger partial charge in [-0.2, -0.15) is 5.10 Å². The zero-order valence-electron chi connectivity index (χ0n) is 12.2. The Morgan fingerprint density at radius 2 is 2.05 bits per heavy atom. The van der Waals surface area contributed by atoms with Gasteiger partial charge in [-0.25, -0.2) is 9.50 Å². The normalized spacial score (nSPS) is 24.6. The van der Waals surface area contributed by atoms with E-state index in [0.717, 1.165) is 50.7 Å². The standard InChI is InChI=1S/C15H21N5O/c1-2-13(18-8-10-21-11-9-18)12-19(6-1)15-14-3-4-17-20(14)7-5-16-15/h3-5,7,13H,1-2,6,8-12H2. The molecule has 21 heavy (non-hydrogen) atoms. The summed E-state index contributed by atoms with van der Waals surface area (Å²) in [6.45, 7) is 5.99. The van der Waals surface area contributed by atoms with E-state index in [1.807, 2.05) is 29.2 Å². The molecule has 0 aromatic carbocycles. The fourth-order valence-corrected chi connectivity index (χ4v) is 3.47. The van der Waals surface area contributed by atoms with Crippen molar-refractivity contribution in [3.8, 4) is 0 Å². The maximum Gasteiger partial charge on any atom is 0.154 e. The molecular formula is C15H21N5O. The van der Waals surface area contributed by atoms with Gasteiger partial charge in [0.25, 0.3) is 0 Å². The van der Waals surface area contributed by atoms with E-state index < -0.39 is 0 Å². The molecule has 6 heteroatoms. The molecule has 2 aromatic heterocycles. The van der Waals surface area contributed by atoms with E-state index in [-0.39, 0.29) is 0 Å². The molecule has 0 spiro atoms. The highest BCUT2D eigenvalue weighted by atomic mass is 16.5. The Kier molecular flexibility index (Phi) is 3.48. The second-order valence-electron chi connectivity index (χ2n) is 5.80. The van der Waals surface area contributed by atoms with Crippen molar-refractivity contribution in [3.05, 3.63) is 24.7 Å². The Balaban J connectivity index is 1.56. The smallest absolute Gasteiger partial charge is 0.154 e. The quantitative estimate of drug-likeness (QED) is 0.825. The molecule has 0 saturated carbocycles. The minimum atomic E-state index is 0.618. The summed E-state index contributed by atoms with van der Waals surface area (Å²) in [7, 11) is 0. The van der Waals surface area contributed by atoms with Crippen LogP contribution in [0, 0.1) is 0 Å². The Hall–Kier alpha value is -1.66. The third-order valence-corrected chi connectivity index (χ3v) is 4.56. The highest BCUT2D eigenvalue weighted by Gasteiger charge is 2.27. The first-order chi connectivity index (χ1) is 10.4. The van der Waals surface area contributed by atoms with Crippen LogP contribution in [0.2, 0.25) is 0 Å². The Labute approximate surface area is 124 Å². The molecule has 0 radical (unpaired) electrons. The third kappa shape index (κ3) is 2.49. The first-order valence-corrected chi connectivity index (χ1v) is 7.77. The molecule has 1 atom stereocenters. The number of morpholine rings is 1. The maximum absolute atomic E-state index is 5.47. The number of piperidine rings is 1. The van der Waals surface area contributed by atoms with Gasteiger partial charge in [0.15, 0.2) is 5.82 Å². The van der Waals surface area contributed by atoms with Gasteiger partial charge in [0.1, 0.15) is 5.52 Å². The van der Waals surface area contributed by atoms with Gasteiger partial charge in [-0.05, 0) is 18.9 Å². The number of rotatable bonds is 2. The summed E-state index contributed by atoms with van der Waals surface area (Å²) in [5.41, 5.74) is 1.10. The van der Waals surface area contributed by atoms with Gasteiger partial charge in [-0.15, -0.1) is 0 Å². The first kappa shape index (κ1) is 13.0. The third-order valence-electron chi connectivity index (χ3n) is 4.56. The average Bonchev–Trinajstić information content (AvgIpc) is 3.04. The summed E-state index contributed by atoms with van der Waals surface area (Å²) in [6.07, 6.45) is 8.08. The van der Waals surface area contributed by atoms with Crippen LogP contribution in [0.25, 0.3) is 5.52 Å². The summed E-state index contributed by atoms with van der Waals surface area (Å²) in [4.78, 5) is 9.60. The molecule has 6 nitrogen and oxygen atoms in total. The molecule has 2 aromatic rings. The van der Waals surface area contributed by atoms with Crippen molar-refractivity contribution in [1.82, 2.24) is 19.5 Å². The van der Waals surface area contributed by atoms with Gasteiger partial charge in [0, 0.05) is 44.6 Å². The minimum absolute atomic E-state index is 0.618. The van der Waals surface area contributed by atoms with E-state index in [0.29, 0.717) is 6.04 Å². The van der Waals surface area contributed by atoms with Crippen molar-refractivity contribution in [1.29, 1.82) is 0 Å². The largest absolute Gasteiger partial charge is 0.379 e. The molecule has 1 unspecified atom stereocenters. The summed E-state index contributed by atoms with van der Waals surface area (Å²) >= 11 is 0. The molecule has 0 amide bonds. The molecule has 0 aliphatic carbocycles. The second-order valence-corrected chi connectivity index (χ2v) is 5.80. The molecule has 0 bridgehead atoms. The number of hydrogen-bond donors (Lipinski definition) is 0. The van der Waals surface area contributed by atoms with E-state index in [4.69, 9.17) is 4.74 Å². The van der Waals surface area contributed by atoms with Gasteiger partial charge in [-0.1, -0.05) is 0 Å². The predicted octanol–water partition coefficient (Wildman–Crippen LogP) is 1.03. The SMILES string of the molecule is c1cn2nccc2c(N2CCCC(N3CCOCC3)C2)n1. The molecule has 4 rings (SSSR count). The Bertz CT molecular complexity index is 607. The monoisotopic (exact) mass is 287 g/mol. The molecule has 0 N–H and O–H groups in total. The number of aromatic nitrogens is 3. The zero-order valence-corrected chi connectivity index (χ0v) is 12.2. The number of fused-ring (bicyclic) bond motifs is 1. The van der Waals surface area contributed by atoms with Crippen molar-refractivity contribution < 1.29 is 4.74 Å². The van der Waals surface area contributed by atoms with Crippen LogP contribution >= 0.6 is 0 Å². The lowest BCUT2D eigenvalue weighted by molar-refractivity contribution is 0.0137. The summed E-state index contributed by atoms with van der Waals surface area (Å²) in [5.74, 6) is 1.06. The Morgan fingerprint density at radius 1 is 1.14 bits per heavy atom. The molecule has 2 aliphatic heterocycles.